The third kappa shape index (κ3) is 3.36. The number of pyridine rings is 1. The van der Waals surface area contributed by atoms with Crippen LogP contribution in [0.5, 0.6) is 5.75 Å². The van der Waals surface area contributed by atoms with E-state index in [-0.39, 0.29) is 6.10 Å². The van der Waals surface area contributed by atoms with Crippen LogP contribution in [0.25, 0.3) is 0 Å². The smallest absolute Gasteiger partial charge is 0.142 e. The fourth-order valence-electron chi connectivity index (χ4n) is 2.19. The van der Waals surface area contributed by atoms with Gasteiger partial charge in [0.25, 0.3) is 0 Å². The zero-order chi connectivity index (χ0) is 13.8. The molecule has 0 spiro atoms. The molecule has 3 heteroatoms. The average Bonchev–Trinajstić information content (AvgIpc) is 3.31. The van der Waals surface area contributed by atoms with Crippen LogP contribution in [-0.2, 0) is 6.54 Å². The Morgan fingerprint density at radius 1 is 1.25 bits per heavy atom. The second-order valence-electron chi connectivity index (χ2n) is 5.31. The van der Waals surface area contributed by atoms with Gasteiger partial charge in [0.05, 0.1) is 6.20 Å². The first-order valence-electron chi connectivity index (χ1n) is 7.21. The van der Waals surface area contributed by atoms with Crippen LogP contribution in [0.2, 0.25) is 0 Å². The molecule has 1 aromatic carbocycles. The van der Waals surface area contributed by atoms with Crippen LogP contribution >= 0.6 is 0 Å². The zero-order valence-corrected chi connectivity index (χ0v) is 11.8. The van der Waals surface area contributed by atoms with Crippen LogP contribution in [0.1, 0.15) is 37.0 Å². The molecule has 1 heterocycles. The molecule has 104 valence electrons. The van der Waals surface area contributed by atoms with Gasteiger partial charge in [-0.2, -0.15) is 0 Å². The molecule has 1 N–H and O–H groups in total. The summed E-state index contributed by atoms with van der Waals surface area (Å²) in [5, 5.41) is 3.52. The molecule has 1 aliphatic rings. The molecule has 0 radical (unpaired) electrons. The number of hydrogen-bond acceptors (Lipinski definition) is 3. The maximum absolute atomic E-state index is 6.08. The predicted molar refractivity (Wildman–Crippen MR) is 79.6 cm³/mol. The Hall–Kier alpha value is -1.87. The van der Waals surface area contributed by atoms with Crippen molar-refractivity contribution in [1.82, 2.24) is 10.3 Å². The van der Waals surface area contributed by atoms with E-state index in [0.29, 0.717) is 6.04 Å². The molecule has 0 saturated heterocycles. The molecule has 3 rings (SSSR count). The second-order valence-corrected chi connectivity index (χ2v) is 5.31. The van der Waals surface area contributed by atoms with E-state index in [4.69, 9.17) is 4.74 Å². The lowest BCUT2D eigenvalue weighted by atomic mass is 10.1. The van der Waals surface area contributed by atoms with Gasteiger partial charge in [0.2, 0.25) is 0 Å². The van der Waals surface area contributed by atoms with Gasteiger partial charge in [-0.25, -0.2) is 0 Å². The number of hydrogen-bond donors (Lipinski definition) is 1. The van der Waals surface area contributed by atoms with Crippen molar-refractivity contribution >= 4 is 0 Å². The Balaban J connectivity index is 1.69. The standard InChI is InChI=1S/C17H20N2O/c1-13(14-5-3-2-4-6-14)20-17-12-18-10-9-15(17)11-19-16-7-8-16/h2-6,9-10,12-13,16,19H,7-8,11H2,1H3. The maximum Gasteiger partial charge on any atom is 0.142 e. The summed E-state index contributed by atoms with van der Waals surface area (Å²) in [5.41, 5.74) is 2.35. The summed E-state index contributed by atoms with van der Waals surface area (Å²) in [6.07, 6.45) is 6.25. The molecule has 3 nitrogen and oxygen atoms in total. The Morgan fingerprint density at radius 2 is 2.05 bits per heavy atom. The van der Waals surface area contributed by atoms with Gasteiger partial charge < -0.3 is 10.1 Å². The van der Waals surface area contributed by atoms with E-state index in [9.17, 15) is 0 Å². The number of ether oxygens (including phenoxy) is 1. The van der Waals surface area contributed by atoms with Gasteiger partial charge in [0, 0.05) is 24.3 Å². The largest absolute Gasteiger partial charge is 0.484 e. The first-order chi connectivity index (χ1) is 9.83. The average molecular weight is 268 g/mol. The van der Waals surface area contributed by atoms with Gasteiger partial charge in [-0.15, -0.1) is 0 Å². The van der Waals surface area contributed by atoms with Crippen molar-refractivity contribution in [3.05, 3.63) is 59.9 Å². The summed E-state index contributed by atoms with van der Waals surface area (Å²) in [6, 6.07) is 13.0. The summed E-state index contributed by atoms with van der Waals surface area (Å²) in [4.78, 5) is 4.18. The molecule has 1 aliphatic carbocycles. The second kappa shape index (κ2) is 6.06. The number of benzene rings is 1. The lowest BCUT2D eigenvalue weighted by molar-refractivity contribution is 0.223. The van der Waals surface area contributed by atoms with Crippen molar-refractivity contribution in [3.8, 4) is 5.75 Å². The Kier molecular flexibility index (Phi) is 3.97. The highest BCUT2D eigenvalue weighted by Crippen LogP contribution is 2.25. The van der Waals surface area contributed by atoms with E-state index in [2.05, 4.69) is 29.4 Å². The summed E-state index contributed by atoms with van der Waals surface area (Å²) < 4.78 is 6.08. The molecule has 1 unspecified atom stereocenters. The fraction of sp³-hybridized carbons (Fsp3) is 0.353. The van der Waals surface area contributed by atoms with Gasteiger partial charge in [0.15, 0.2) is 0 Å². The van der Waals surface area contributed by atoms with Crippen LogP contribution in [0.4, 0.5) is 0 Å². The van der Waals surface area contributed by atoms with Crippen molar-refractivity contribution < 1.29 is 4.74 Å². The molecule has 2 aromatic rings. The number of nitrogens with one attached hydrogen (secondary N) is 1. The van der Waals surface area contributed by atoms with Gasteiger partial charge >= 0.3 is 0 Å². The van der Waals surface area contributed by atoms with Crippen molar-refractivity contribution in [3.63, 3.8) is 0 Å². The highest BCUT2D eigenvalue weighted by atomic mass is 16.5. The van der Waals surface area contributed by atoms with Crippen LogP contribution in [0.15, 0.2) is 48.8 Å². The Morgan fingerprint density at radius 3 is 2.80 bits per heavy atom. The van der Waals surface area contributed by atoms with E-state index in [1.54, 1.807) is 0 Å². The van der Waals surface area contributed by atoms with Gasteiger partial charge in [-0.3, -0.25) is 4.98 Å². The number of rotatable bonds is 6. The van der Waals surface area contributed by atoms with E-state index < -0.39 is 0 Å². The lowest BCUT2D eigenvalue weighted by Crippen LogP contribution is -2.16. The van der Waals surface area contributed by atoms with Crippen molar-refractivity contribution in [2.24, 2.45) is 0 Å². The zero-order valence-electron chi connectivity index (χ0n) is 11.8. The summed E-state index contributed by atoms with van der Waals surface area (Å²) in [6.45, 7) is 2.92. The van der Waals surface area contributed by atoms with E-state index in [1.807, 2.05) is 36.7 Å². The molecule has 0 bridgehead atoms. The topological polar surface area (TPSA) is 34.1 Å². The Bertz CT molecular complexity index is 552. The summed E-state index contributed by atoms with van der Waals surface area (Å²) in [5.74, 6) is 0.872. The minimum Gasteiger partial charge on any atom is -0.484 e. The third-order valence-corrected chi connectivity index (χ3v) is 3.60. The van der Waals surface area contributed by atoms with E-state index in [1.165, 1.54) is 24.0 Å². The van der Waals surface area contributed by atoms with Crippen molar-refractivity contribution in [1.29, 1.82) is 0 Å². The number of aromatic nitrogens is 1. The Labute approximate surface area is 120 Å². The molecule has 1 saturated carbocycles. The molecule has 0 amide bonds. The molecule has 1 aromatic heterocycles. The van der Waals surface area contributed by atoms with Gasteiger partial charge in [0.1, 0.15) is 11.9 Å². The highest BCUT2D eigenvalue weighted by molar-refractivity contribution is 5.31. The quantitative estimate of drug-likeness (QED) is 0.871. The van der Waals surface area contributed by atoms with Gasteiger partial charge in [-0.1, -0.05) is 30.3 Å². The van der Waals surface area contributed by atoms with Crippen LogP contribution in [0.3, 0.4) is 0 Å². The van der Waals surface area contributed by atoms with Crippen molar-refractivity contribution in [2.75, 3.05) is 0 Å². The SMILES string of the molecule is CC(Oc1cnccc1CNC1CC1)c1ccccc1. The highest BCUT2D eigenvalue weighted by Gasteiger charge is 2.20. The summed E-state index contributed by atoms with van der Waals surface area (Å²) >= 11 is 0. The predicted octanol–water partition coefficient (Wildman–Crippen LogP) is 3.47. The molecular weight excluding hydrogens is 248 g/mol. The van der Waals surface area contributed by atoms with Crippen LogP contribution < -0.4 is 10.1 Å². The molecule has 1 fully saturated rings. The molecule has 0 aliphatic heterocycles. The molecular formula is C17H20N2O. The van der Waals surface area contributed by atoms with Gasteiger partial charge in [-0.05, 0) is 31.4 Å². The lowest BCUT2D eigenvalue weighted by Gasteiger charge is -2.17. The van der Waals surface area contributed by atoms with Crippen LogP contribution in [-0.4, -0.2) is 11.0 Å². The first kappa shape index (κ1) is 13.1. The maximum atomic E-state index is 6.08. The number of nitrogens with zero attached hydrogens (tertiary/aromatic N) is 1. The van der Waals surface area contributed by atoms with Crippen LogP contribution in [0, 0.1) is 0 Å². The summed E-state index contributed by atoms with van der Waals surface area (Å²) in [7, 11) is 0. The minimum atomic E-state index is 0.0278. The third-order valence-electron chi connectivity index (χ3n) is 3.60. The normalized spacial score (nSPS) is 15.8. The van der Waals surface area contributed by atoms with E-state index >= 15 is 0 Å². The van der Waals surface area contributed by atoms with E-state index in [0.717, 1.165) is 12.3 Å². The van der Waals surface area contributed by atoms with Crippen molar-refractivity contribution in [2.45, 2.75) is 38.5 Å². The first-order valence-corrected chi connectivity index (χ1v) is 7.21. The minimum absolute atomic E-state index is 0.0278. The molecule has 1 atom stereocenters. The monoisotopic (exact) mass is 268 g/mol. The fourth-order valence-corrected chi connectivity index (χ4v) is 2.19. The molecule has 20 heavy (non-hydrogen) atoms.